The number of nitrogens with zero attached hydrogens (tertiary/aromatic N) is 1. The molecule has 0 aromatic rings. The molecule has 0 aromatic carbocycles. The molecule has 2 nitrogen and oxygen atoms in total. The molecule has 1 amide bonds. The highest BCUT2D eigenvalue weighted by atomic mass is 16.2. The lowest BCUT2D eigenvalue weighted by atomic mass is 10.0. The lowest BCUT2D eigenvalue weighted by molar-refractivity contribution is -0.139. The van der Waals surface area contributed by atoms with Gasteiger partial charge in [0.2, 0.25) is 5.91 Å². The van der Waals surface area contributed by atoms with Gasteiger partial charge in [-0.15, -0.1) is 0 Å². The van der Waals surface area contributed by atoms with Gasteiger partial charge in [0.1, 0.15) is 0 Å². The van der Waals surface area contributed by atoms with Crippen LogP contribution in [0.5, 0.6) is 0 Å². The average molecular weight is 183 g/mol. The van der Waals surface area contributed by atoms with Crippen molar-refractivity contribution >= 4 is 5.91 Å². The largest absolute Gasteiger partial charge is 0.338 e. The van der Waals surface area contributed by atoms with E-state index in [2.05, 4.69) is 20.8 Å². The van der Waals surface area contributed by atoms with Gasteiger partial charge in [0, 0.05) is 18.0 Å². The fourth-order valence-electron chi connectivity index (χ4n) is 1.89. The van der Waals surface area contributed by atoms with Crippen LogP contribution in [0.2, 0.25) is 0 Å². The van der Waals surface area contributed by atoms with E-state index in [9.17, 15) is 4.79 Å². The third kappa shape index (κ3) is 2.45. The summed E-state index contributed by atoms with van der Waals surface area (Å²) in [5.41, 5.74) is -0.00428. The summed E-state index contributed by atoms with van der Waals surface area (Å²) in [7, 11) is 0. The molecule has 13 heavy (non-hydrogen) atoms. The van der Waals surface area contributed by atoms with Gasteiger partial charge in [0.25, 0.3) is 0 Å². The second-order valence-corrected chi connectivity index (χ2v) is 5.06. The van der Waals surface area contributed by atoms with Crippen molar-refractivity contribution < 1.29 is 4.79 Å². The minimum atomic E-state index is -0.00428. The zero-order valence-electron chi connectivity index (χ0n) is 9.26. The summed E-state index contributed by atoms with van der Waals surface area (Å²) in [6.07, 6.45) is 3.41. The van der Waals surface area contributed by atoms with Gasteiger partial charge in [-0.2, -0.15) is 0 Å². The maximum Gasteiger partial charge on any atom is 0.225 e. The van der Waals surface area contributed by atoms with Crippen molar-refractivity contribution in [1.29, 1.82) is 0 Å². The lowest BCUT2D eigenvalue weighted by Crippen LogP contribution is -2.47. The monoisotopic (exact) mass is 183 g/mol. The van der Waals surface area contributed by atoms with Crippen molar-refractivity contribution in [3.63, 3.8) is 0 Å². The minimum absolute atomic E-state index is 0.00428. The summed E-state index contributed by atoms with van der Waals surface area (Å²) in [5, 5.41) is 0. The Morgan fingerprint density at radius 3 is 2.46 bits per heavy atom. The van der Waals surface area contributed by atoms with Crippen molar-refractivity contribution in [2.24, 2.45) is 5.92 Å². The Morgan fingerprint density at radius 1 is 1.31 bits per heavy atom. The Labute approximate surface area is 81.3 Å². The second-order valence-electron chi connectivity index (χ2n) is 5.06. The molecule has 0 saturated carbocycles. The molecule has 1 aliphatic heterocycles. The minimum Gasteiger partial charge on any atom is -0.338 e. The molecule has 0 radical (unpaired) electrons. The molecular formula is C11H21NO. The Balaban J connectivity index is 2.76. The molecule has 0 bridgehead atoms. The van der Waals surface area contributed by atoms with Gasteiger partial charge in [-0.3, -0.25) is 4.79 Å². The predicted octanol–water partition coefficient (Wildman–Crippen LogP) is 2.43. The van der Waals surface area contributed by atoms with Gasteiger partial charge in [-0.25, -0.2) is 0 Å². The summed E-state index contributed by atoms with van der Waals surface area (Å²) in [6.45, 7) is 9.33. The van der Waals surface area contributed by atoms with Crippen molar-refractivity contribution in [2.45, 2.75) is 52.5 Å². The fraction of sp³-hybridized carbons (Fsp3) is 0.909. The summed E-state index contributed by atoms with van der Waals surface area (Å²) in [5.74, 6) is 0.562. The molecule has 1 aliphatic rings. The number of hydrogen-bond acceptors (Lipinski definition) is 1. The molecule has 0 aromatic heterocycles. The molecular weight excluding hydrogens is 162 g/mol. The molecule has 1 fully saturated rings. The second kappa shape index (κ2) is 3.69. The van der Waals surface area contributed by atoms with Crippen LogP contribution in [0.1, 0.15) is 47.0 Å². The van der Waals surface area contributed by atoms with Crippen LogP contribution in [-0.2, 0) is 4.79 Å². The van der Waals surface area contributed by atoms with E-state index in [-0.39, 0.29) is 11.5 Å². The standard InChI is InChI=1S/C11H21NO/c1-9-7-5-6-8-12(10(9)13)11(2,3)4/h9H,5-8H2,1-4H3. The summed E-state index contributed by atoms with van der Waals surface area (Å²) in [4.78, 5) is 14.0. The number of hydrogen-bond donors (Lipinski definition) is 0. The van der Waals surface area contributed by atoms with Crippen LogP contribution in [0, 0.1) is 5.92 Å². The molecule has 0 spiro atoms. The maximum absolute atomic E-state index is 11.9. The third-order valence-electron chi connectivity index (χ3n) is 2.77. The number of rotatable bonds is 0. The lowest BCUT2D eigenvalue weighted by Gasteiger charge is -2.36. The fourth-order valence-corrected chi connectivity index (χ4v) is 1.89. The number of amides is 1. The van der Waals surface area contributed by atoms with Gasteiger partial charge in [-0.05, 0) is 33.6 Å². The first-order valence-corrected chi connectivity index (χ1v) is 5.24. The maximum atomic E-state index is 11.9. The topological polar surface area (TPSA) is 20.3 Å². The van der Waals surface area contributed by atoms with Crippen LogP contribution in [0.3, 0.4) is 0 Å². The van der Waals surface area contributed by atoms with E-state index >= 15 is 0 Å². The quantitative estimate of drug-likeness (QED) is 0.565. The van der Waals surface area contributed by atoms with E-state index in [1.165, 1.54) is 6.42 Å². The van der Waals surface area contributed by atoms with E-state index in [0.717, 1.165) is 19.4 Å². The number of carbonyl (C=O) groups is 1. The smallest absolute Gasteiger partial charge is 0.225 e. The van der Waals surface area contributed by atoms with Crippen LogP contribution in [-0.4, -0.2) is 22.9 Å². The van der Waals surface area contributed by atoms with Crippen LogP contribution >= 0.6 is 0 Å². The Bertz CT molecular complexity index is 193. The Kier molecular flexibility index (Phi) is 2.99. The van der Waals surface area contributed by atoms with Crippen LogP contribution in [0.15, 0.2) is 0 Å². The highest BCUT2D eigenvalue weighted by molar-refractivity contribution is 5.79. The van der Waals surface area contributed by atoms with Crippen molar-refractivity contribution in [1.82, 2.24) is 4.90 Å². The Morgan fingerprint density at radius 2 is 1.92 bits per heavy atom. The molecule has 1 unspecified atom stereocenters. The number of carbonyl (C=O) groups excluding carboxylic acids is 1. The van der Waals surface area contributed by atoms with Crippen molar-refractivity contribution in [3.8, 4) is 0 Å². The predicted molar refractivity (Wildman–Crippen MR) is 54.5 cm³/mol. The van der Waals surface area contributed by atoms with Gasteiger partial charge in [-0.1, -0.05) is 13.3 Å². The first-order valence-electron chi connectivity index (χ1n) is 5.24. The van der Waals surface area contributed by atoms with E-state index in [0.29, 0.717) is 5.91 Å². The zero-order chi connectivity index (χ0) is 10.1. The van der Waals surface area contributed by atoms with Gasteiger partial charge < -0.3 is 4.90 Å². The third-order valence-corrected chi connectivity index (χ3v) is 2.77. The SMILES string of the molecule is CC1CCCCN(C(C)(C)C)C1=O. The summed E-state index contributed by atoms with van der Waals surface area (Å²) >= 11 is 0. The van der Waals surface area contributed by atoms with E-state index < -0.39 is 0 Å². The van der Waals surface area contributed by atoms with Crippen LogP contribution < -0.4 is 0 Å². The van der Waals surface area contributed by atoms with Gasteiger partial charge >= 0.3 is 0 Å². The summed E-state index contributed by atoms with van der Waals surface area (Å²) in [6, 6.07) is 0. The molecule has 76 valence electrons. The Hall–Kier alpha value is -0.530. The molecule has 1 heterocycles. The normalized spacial score (nSPS) is 26.0. The molecule has 0 aliphatic carbocycles. The van der Waals surface area contributed by atoms with Crippen LogP contribution in [0.4, 0.5) is 0 Å². The van der Waals surface area contributed by atoms with E-state index in [1.54, 1.807) is 0 Å². The van der Waals surface area contributed by atoms with Crippen LogP contribution in [0.25, 0.3) is 0 Å². The molecule has 1 atom stereocenters. The molecule has 1 rings (SSSR count). The highest BCUT2D eigenvalue weighted by Gasteiger charge is 2.30. The van der Waals surface area contributed by atoms with Gasteiger partial charge in [0.05, 0.1) is 0 Å². The van der Waals surface area contributed by atoms with Crippen molar-refractivity contribution in [3.05, 3.63) is 0 Å². The van der Waals surface area contributed by atoms with E-state index in [1.807, 2.05) is 11.8 Å². The highest BCUT2D eigenvalue weighted by Crippen LogP contribution is 2.23. The molecule has 2 heteroatoms. The zero-order valence-corrected chi connectivity index (χ0v) is 9.26. The molecule has 1 saturated heterocycles. The van der Waals surface area contributed by atoms with E-state index in [4.69, 9.17) is 0 Å². The van der Waals surface area contributed by atoms with Crippen molar-refractivity contribution in [2.75, 3.05) is 6.54 Å². The molecule has 0 N–H and O–H groups in total. The van der Waals surface area contributed by atoms with Gasteiger partial charge in [0.15, 0.2) is 0 Å². The average Bonchev–Trinajstić information content (AvgIpc) is 2.14. The first kappa shape index (κ1) is 10.6. The summed E-state index contributed by atoms with van der Waals surface area (Å²) < 4.78 is 0. The first-order chi connectivity index (χ1) is 5.93. The number of likely N-dealkylation sites (tertiary alicyclic amines) is 1.